The zero-order valence-electron chi connectivity index (χ0n) is 15.0. The molecule has 2 atom stereocenters. The molecule has 0 saturated carbocycles. The smallest absolute Gasteiger partial charge is 0.326 e. The molecule has 0 bridgehead atoms. The lowest BCUT2D eigenvalue weighted by atomic mass is 10.0. The third-order valence-corrected chi connectivity index (χ3v) is 4.35. The molecular weight excluding hydrogens is 364 g/mol. The zero-order valence-corrected chi connectivity index (χ0v) is 15.0. The maximum Gasteiger partial charge on any atom is 0.326 e. The Bertz CT molecular complexity index is 1070. The van der Waals surface area contributed by atoms with Crippen LogP contribution in [-0.4, -0.2) is 43.8 Å². The lowest BCUT2D eigenvalue weighted by Gasteiger charge is -2.20. The van der Waals surface area contributed by atoms with Crippen molar-refractivity contribution in [3.05, 3.63) is 64.7 Å². The van der Waals surface area contributed by atoms with Crippen LogP contribution in [0.2, 0.25) is 0 Å². The molecule has 0 fully saturated rings. The fourth-order valence-electron chi connectivity index (χ4n) is 2.85. The van der Waals surface area contributed by atoms with Gasteiger partial charge in [-0.25, -0.2) is 4.79 Å². The number of carboxylic acids is 1. The predicted octanol–water partition coefficient (Wildman–Crippen LogP) is 0.779. The lowest BCUT2D eigenvalue weighted by Crippen LogP contribution is -2.49. The highest BCUT2D eigenvalue weighted by atomic mass is 16.4. The van der Waals surface area contributed by atoms with Gasteiger partial charge >= 0.3 is 5.97 Å². The van der Waals surface area contributed by atoms with Crippen LogP contribution < -0.4 is 16.2 Å². The van der Waals surface area contributed by atoms with Gasteiger partial charge in [-0.05, 0) is 18.6 Å². The van der Waals surface area contributed by atoms with Gasteiger partial charge in [0.2, 0.25) is 11.3 Å². The number of nitrogens with one attached hydrogen (secondary N) is 3. The third-order valence-electron chi connectivity index (χ3n) is 4.35. The molecular formula is C19H20N4O5. The number of nitrogens with zero attached hydrogens (tertiary/aromatic N) is 1. The fourth-order valence-corrected chi connectivity index (χ4v) is 2.85. The van der Waals surface area contributed by atoms with Gasteiger partial charge in [0, 0.05) is 35.8 Å². The van der Waals surface area contributed by atoms with Crippen LogP contribution >= 0.6 is 0 Å². The Labute approximate surface area is 159 Å². The van der Waals surface area contributed by atoms with Gasteiger partial charge in [-0.1, -0.05) is 18.2 Å². The molecule has 0 unspecified atom stereocenters. The van der Waals surface area contributed by atoms with Crippen molar-refractivity contribution in [3.8, 4) is 5.75 Å². The molecule has 1 aromatic carbocycles. The number of carbonyl (C=O) groups is 2. The summed E-state index contributed by atoms with van der Waals surface area (Å²) >= 11 is 0. The van der Waals surface area contributed by atoms with E-state index in [1.54, 1.807) is 6.20 Å². The molecule has 3 rings (SSSR count). The van der Waals surface area contributed by atoms with E-state index >= 15 is 0 Å². The van der Waals surface area contributed by atoms with Crippen molar-refractivity contribution in [2.24, 2.45) is 0 Å². The van der Waals surface area contributed by atoms with Gasteiger partial charge in [0.05, 0.1) is 6.20 Å². The van der Waals surface area contributed by atoms with E-state index < -0.39 is 35.1 Å². The average molecular weight is 384 g/mol. The van der Waals surface area contributed by atoms with Crippen LogP contribution in [-0.2, 0) is 16.0 Å². The van der Waals surface area contributed by atoms with Gasteiger partial charge < -0.3 is 25.9 Å². The van der Waals surface area contributed by atoms with Crippen molar-refractivity contribution < 1.29 is 19.8 Å². The van der Waals surface area contributed by atoms with Gasteiger partial charge in [0.1, 0.15) is 12.1 Å². The molecule has 2 aromatic heterocycles. The SMILES string of the molecule is C[C@@H](Nn1ccc(=O)c(O)c1)C(=O)N[C@H](Cc1c[nH]c2ccccc12)C(=O)O. The number of H-pyrrole nitrogens is 1. The summed E-state index contributed by atoms with van der Waals surface area (Å²) in [6.45, 7) is 1.54. The molecule has 0 saturated heterocycles. The monoisotopic (exact) mass is 384 g/mol. The van der Waals surface area contributed by atoms with Gasteiger partial charge in [-0.3, -0.25) is 14.3 Å². The Balaban J connectivity index is 1.69. The Morgan fingerprint density at radius 3 is 2.71 bits per heavy atom. The van der Waals surface area contributed by atoms with Crippen molar-refractivity contribution in [1.82, 2.24) is 15.0 Å². The topological polar surface area (TPSA) is 136 Å². The number of hydrogen-bond donors (Lipinski definition) is 5. The van der Waals surface area contributed by atoms with Gasteiger partial charge in [-0.15, -0.1) is 0 Å². The minimum Gasteiger partial charge on any atom is -0.503 e. The second kappa shape index (κ2) is 7.87. The summed E-state index contributed by atoms with van der Waals surface area (Å²) in [4.78, 5) is 38.4. The average Bonchev–Trinajstić information content (AvgIpc) is 3.07. The van der Waals surface area contributed by atoms with Gasteiger partial charge in [-0.2, -0.15) is 0 Å². The summed E-state index contributed by atoms with van der Waals surface area (Å²) in [5, 5.41) is 22.4. The Morgan fingerprint density at radius 2 is 2.00 bits per heavy atom. The Kier molecular flexibility index (Phi) is 5.35. The Morgan fingerprint density at radius 1 is 1.25 bits per heavy atom. The first-order chi connectivity index (χ1) is 13.3. The zero-order chi connectivity index (χ0) is 20.3. The summed E-state index contributed by atoms with van der Waals surface area (Å²) in [6.07, 6.45) is 4.34. The van der Waals surface area contributed by atoms with E-state index in [2.05, 4.69) is 15.7 Å². The Hall–Kier alpha value is -3.75. The molecule has 9 nitrogen and oxygen atoms in total. The molecule has 0 aliphatic rings. The van der Waals surface area contributed by atoms with Crippen LogP contribution in [0.25, 0.3) is 10.9 Å². The number of pyridine rings is 1. The first-order valence-corrected chi connectivity index (χ1v) is 8.61. The summed E-state index contributed by atoms with van der Waals surface area (Å²) in [6, 6.07) is 6.73. The summed E-state index contributed by atoms with van der Waals surface area (Å²) < 4.78 is 1.26. The first kappa shape index (κ1) is 19.0. The number of aliphatic carboxylic acids is 1. The third kappa shape index (κ3) is 4.14. The number of aromatic hydroxyl groups is 1. The molecule has 146 valence electrons. The largest absolute Gasteiger partial charge is 0.503 e. The van der Waals surface area contributed by atoms with Crippen molar-refractivity contribution >= 4 is 22.8 Å². The first-order valence-electron chi connectivity index (χ1n) is 8.61. The van der Waals surface area contributed by atoms with Gasteiger partial charge in [0.15, 0.2) is 5.75 Å². The molecule has 28 heavy (non-hydrogen) atoms. The number of rotatable bonds is 7. The van der Waals surface area contributed by atoms with E-state index in [4.69, 9.17) is 0 Å². The predicted molar refractivity (Wildman–Crippen MR) is 103 cm³/mol. The number of carboxylic acid groups (broad SMARTS) is 1. The van der Waals surface area contributed by atoms with E-state index in [1.165, 1.54) is 17.8 Å². The van der Waals surface area contributed by atoms with E-state index in [1.807, 2.05) is 24.3 Å². The molecule has 0 spiro atoms. The molecule has 0 aliphatic carbocycles. The summed E-state index contributed by atoms with van der Waals surface area (Å²) in [5.74, 6) is -2.15. The number of fused-ring (bicyclic) bond motifs is 1. The van der Waals surface area contributed by atoms with Crippen LogP contribution in [0.3, 0.4) is 0 Å². The van der Waals surface area contributed by atoms with Crippen molar-refractivity contribution in [3.63, 3.8) is 0 Å². The number of benzene rings is 1. The van der Waals surface area contributed by atoms with Crippen LogP contribution in [0.15, 0.2) is 53.7 Å². The number of hydrogen-bond acceptors (Lipinski definition) is 5. The molecule has 9 heteroatoms. The van der Waals surface area contributed by atoms with E-state index in [0.717, 1.165) is 28.7 Å². The minimum atomic E-state index is -1.15. The number of aromatic amines is 1. The van der Waals surface area contributed by atoms with Crippen molar-refractivity contribution in [2.45, 2.75) is 25.4 Å². The molecule has 2 heterocycles. The second-order valence-corrected chi connectivity index (χ2v) is 6.42. The fraction of sp³-hybridized carbons (Fsp3) is 0.211. The number of para-hydroxylation sites is 1. The number of amides is 1. The normalized spacial score (nSPS) is 13.0. The van der Waals surface area contributed by atoms with Gasteiger partial charge in [0.25, 0.3) is 0 Å². The molecule has 0 radical (unpaired) electrons. The van der Waals surface area contributed by atoms with Crippen LogP contribution in [0.1, 0.15) is 12.5 Å². The van der Waals surface area contributed by atoms with Crippen molar-refractivity contribution in [2.75, 3.05) is 5.43 Å². The van der Waals surface area contributed by atoms with Crippen LogP contribution in [0, 0.1) is 0 Å². The second-order valence-electron chi connectivity index (χ2n) is 6.42. The van der Waals surface area contributed by atoms with E-state index in [-0.39, 0.29) is 6.42 Å². The lowest BCUT2D eigenvalue weighted by molar-refractivity contribution is -0.141. The number of aromatic nitrogens is 2. The number of carbonyl (C=O) groups excluding carboxylic acids is 1. The van der Waals surface area contributed by atoms with E-state index in [0.29, 0.717) is 0 Å². The molecule has 0 aliphatic heterocycles. The highest BCUT2D eigenvalue weighted by Crippen LogP contribution is 2.19. The standard InChI is InChI=1S/C19H20N4O5/c1-11(22-23-7-6-16(24)17(25)10-23)18(26)21-15(19(27)28)8-12-9-20-14-5-3-2-4-13(12)14/h2-7,9-11,15,20,22,25H,8H2,1H3,(H,21,26)(H,27,28)/t11-,15-/m1/s1. The maximum absolute atomic E-state index is 12.4. The minimum absolute atomic E-state index is 0.122. The van der Waals surface area contributed by atoms with Crippen LogP contribution in [0.4, 0.5) is 0 Å². The molecule has 5 N–H and O–H groups in total. The highest BCUT2D eigenvalue weighted by Gasteiger charge is 2.24. The summed E-state index contributed by atoms with van der Waals surface area (Å²) in [7, 11) is 0. The maximum atomic E-state index is 12.4. The quantitative estimate of drug-likeness (QED) is 0.408. The summed E-state index contributed by atoms with van der Waals surface area (Å²) in [5.41, 5.74) is 3.88. The van der Waals surface area contributed by atoms with E-state index in [9.17, 15) is 24.6 Å². The molecule has 3 aromatic rings. The molecule has 1 amide bonds. The van der Waals surface area contributed by atoms with Crippen LogP contribution in [0.5, 0.6) is 5.75 Å². The highest BCUT2D eigenvalue weighted by molar-refractivity contribution is 5.89. The van der Waals surface area contributed by atoms with Crippen molar-refractivity contribution in [1.29, 1.82) is 0 Å².